The molecule has 0 aliphatic carbocycles. The lowest BCUT2D eigenvalue weighted by Gasteiger charge is -2.27. The lowest BCUT2D eigenvalue weighted by Crippen LogP contribution is -2.41. The number of carbonyl (C=O) groups is 3. The van der Waals surface area contributed by atoms with Crippen molar-refractivity contribution in [2.75, 3.05) is 13.2 Å². The Balaban J connectivity index is 1.92. The minimum atomic E-state index is -0.535. The van der Waals surface area contributed by atoms with Crippen molar-refractivity contribution in [3.8, 4) is 0 Å². The maximum Gasteiger partial charge on any atom is 0.305 e. The van der Waals surface area contributed by atoms with Crippen molar-refractivity contribution in [1.82, 2.24) is 4.90 Å². The van der Waals surface area contributed by atoms with E-state index in [1.807, 2.05) is 0 Å². The van der Waals surface area contributed by atoms with Crippen LogP contribution in [-0.2, 0) is 9.53 Å². The van der Waals surface area contributed by atoms with Crippen LogP contribution in [0.3, 0.4) is 0 Å². The van der Waals surface area contributed by atoms with Gasteiger partial charge in [0.2, 0.25) is 0 Å². The summed E-state index contributed by atoms with van der Waals surface area (Å²) in [5, 5.41) is 11.8. The van der Waals surface area contributed by atoms with Crippen LogP contribution in [0, 0.1) is 10.1 Å². The number of rotatable bonds is 6. The summed E-state index contributed by atoms with van der Waals surface area (Å²) in [5.74, 6) is -1.35. The molecule has 1 heterocycles. The third kappa shape index (κ3) is 2.90. The Morgan fingerprint density at radius 3 is 2.50 bits per heavy atom. The number of hydrogen-bond donors (Lipinski definition) is 0. The monoisotopic (exact) mass is 356 g/mol. The van der Waals surface area contributed by atoms with Crippen LogP contribution < -0.4 is 0 Å². The molecule has 2 aromatic rings. The van der Waals surface area contributed by atoms with Crippen molar-refractivity contribution < 1.29 is 24.0 Å². The highest BCUT2D eigenvalue weighted by molar-refractivity contribution is 6.26. The minimum absolute atomic E-state index is 0.0987. The maximum atomic E-state index is 12.7. The molecule has 2 amide bonds. The van der Waals surface area contributed by atoms with Gasteiger partial charge in [-0.1, -0.05) is 13.0 Å². The van der Waals surface area contributed by atoms with E-state index in [0.29, 0.717) is 11.8 Å². The molecule has 0 aromatic heterocycles. The van der Waals surface area contributed by atoms with Crippen molar-refractivity contribution in [1.29, 1.82) is 0 Å². The fourth-order valence-corrected chi connectivity index (χ4v) is 3.00. The van der Waals surface area contributed by atoms with E-state index < -0.39 is 16.7 Å². The third-order valence-corrected chi connectivity index (χ3v) is 4.24. The van der Waals surface area contributed by atoms with Crippen LogP contribution in [0.15, 0.2) is 30.3 Å². The van der Waals surface area contributed by atoms with E-state index >= 15 is 0 Å². The smallest absolute Gasteiger partial charge is 0.305 e. The number of ether oxygens (including phenoxy) is 1. The van der Waals surface area contributed by atoms with Crippen LogP contribution in [0.25, 0.3) is 10.8 Å². The Morgan fingerprint density at radius 2 is 1.85 bits per heavy atom. The SMILES string of the molecule is CCC(=O)OCCCN1C(=O)c2cccc3c([N+](=O)[O-])ccc(c23)C1=O. The summed E-state index contributed by atoms with van der Waals surface area (Å²) in [6.07, 6.45) is 0.581. The Hall–Kier alpha value is -3.29. The first-order valence-corrected chi connectivity index (χ1v) is 8.17. The summed E-state index contributed by atoms with van der Waals surface area (Å²) < 4.78 is 4.96. The number of nitro benzene ring substituents is 1. The van der Waals surface area contributed by atoms with Gasteiger partial charge < -0.3 is 4.74 Å². The topological polar surface area (TPSA) is 107 Å². The zero-order valence-corrected chi connectivity index (χ0v) is 14.1. The molecule has 0 atom stereocenters. The van der Waals surface area contributed by atoms with Crippen LogP contribution in [0.5, 0.6) is 0 Å². The summed E-state index contributed by atoms with van der Waals surface area (Å²) in [6.45, 7) is 1.89. The number of nitrogens with zero attached hydrogens (tertiary/aromatic N) is 2. The van der Waals surface area contributed by atoms with Gasteiger partial charge in [0.15, 0.2) is 0 Å². The number of amides is 2. The number of hydrogen-bond acceptors (Lipinski definition) is 6. The highest BCUT2D eigenvalue weighted by Gasteiger charge is 2.34. The molecule has 0 saturated carbocycles. The highest BCUT2D eigenvalue weighted by Crippen LogP contribution is 2.35. The lowest BCUT2D eigenvalue weighted by atomic mass is 9.93. The zero-order valence-electron chi connectivity index (χ0n) is 14.1. The number of carbonyl (C=O) groups excluding carboxylic acids is 3. The van der Waals surface area contributed by atoms with Gasteiger partial charge in [-0.3, -0.25) is 29.4 Å². The van der Waals surface area contributed by atoms with Gasteiger partial charge in [0, 0.05) is 35.5 Å². The van der Waals surface area contributed by atoms with Gasteiger partial charge in [-0.05, 0) is 24.6 Å². The molecule has 0 radical (unpaired) electrons. The number of nitro groups is 1. The standard InChI is InChI=1S/C18H16N2O6/c1-2-15(21)26-10-4-9-19-17(22)12-6-3-5-11-14(20(24)25)8-7-13(16(11)12)18(19)23/h3,5-8H,2,4,9-10H2,1H3. The summed E-state index contributed by atoms with van der Waals surface area (Å²) in [6, 6.07) is 7.29. The quantitative estimate of drug-likeness (QED) is 0.259. The van der Waals surface area contributed by atoms with E-state index in [0.717, 1.165) is 4.90 Å². The first kappa shape index (κ1) is 17.5. The molecule has 0 unspecified atom stereocenters. The largest absolute Gasteiger partial charge is 0.466 e. The zero-order chi connectivity index (χ0) is 18.8. The predicted molar refractivity (Wildman–Crippen MR) is 91.8 cm³/mol. The Bertz CT molecular complexity index is 914. The van der Waals surface area contributed by atoms with Gasteiger partial charge in [0.1, 0.15) is 0 Å². The molecule has 0 bridgehead atoms. The van der Waals surface area contributed by atoms with Crippen molar-refractivity contribution in [3.05, 3.63) is 51.6 Å². The number of imide groups is 1. The molecular weight excluding hydrogens is 340 g/mol. The minimum Gasteiger partial charge on any atom is -0.466 e. The van der Waals surface area contributed by atoms with Crippen LogP contribution >= 0.6 is 0 Å². The van der Waals surface area contributed by atoms with E-state index in [-0.39, 0.29) is 47.7 Å². The Kier molecular flexibility index (Phi) is 4.66. The average molecular weight is 356 g/mol. The highest BCUT2D eigenvalue weighted by atomic mass is 16.6. The van der Waals surface area contributed by atoms with Gasteiger partial charge in [-0.15, -0.1) is 0 Å². The number of esters is 1. The molecule has 0 fully saturated rings. The van der Waals surface area contributed by atoms with Crippen LogP contribution in [-0.4, -0.2) is 40.8 Å². The first-order chi connectivity index (χ1) is 12.5. The van der Waals surface area contributed by atoms with Crippen molar-refractivity contribution in [3.63, 3.8) is 0 Å². The van der Waals surface area contributed by atoms with Gasteiger partial charge >= 0.3 is 5.97 Å². The second kappa shape index (κ2) is 6.91. The summed E-state index contributed by atoms with van der Waals surface area (Å²) in [4.78, 5) is 48.3. The second-order valence-electron chi connectivity index (χ2n) is 5.81. The fourth-order valence-electron chi connectivity index (χ4n) is 3.00. The van der Waals surface area contributed by atoms with Crippen molar-refractivity contribution in [2.24, 2.45) is 0 Å². The molecule has 0 spiro atoms. The molecule has 8 nitrogen and oxygen atoms in total. The second-order valence-corrected chi connectivity index (χ2v) is 5.81. The van der Waals surface area contributed by atoms with Crippen LogP contribution in [0.1, 0.15) is 40.5 Å². The van der Waals surface area contributed by atoms with E-state index in [1.54, 1.807) is 19.1 Å². The van der Waals surface area contributed by atoms with Gasteiger partial charge in [-0.2, -0.15) is 0 Å². The van der Waals surface area contributed by atoms with E-state index in [2.05, 4.69) is 0 Å². The normalized spacial score (nSPS) is 13.2. The van der Waals surface area contributed by atoms with Gasteiger partial charge in [0.25, 0.3) is 17.5 Å². The molecule has 134 valence electrons. The third-order valence-electron chi connectivity index (χ3n) is 4.24. The molecule has 3 rings (SSSR count). The molecule has 0 N–H and O–H groups in total. The molecule has 1 aliphatic rings. The fraction of sp³-hybridized carbons (Fsp3) is 0.278. The molecule has 26 heavy (non-hydrogen) atoms. The Labute approximate surface area is 148 Å². The lowest BCUT2D eigenvalue weighted by molar-refractivity contribution is -0.383. The predicted octanol–water partition coefficient (Wildman–Crippen LogP) is 2.69. The van der Waals surface area contributed by atoms with Crippen molar-refractivity contribution in [2.45, 2.75) is 19.8 Å². The van der Waals surface area contributed by atoms with Crippen LogP contribution in [0.2, 0.25) is 0 Å². The van der Waals surface area contributed by atoms with E-state index in [4.69, 9.17) is 4.74 Å². The molecular formula is C18H16N2O6. The molecule has 0 saturated heterocycles. The van der Waals surface area contributed by atoms with E-state index in [1.165, 1.54) is 18.2 Å². The van der Waals surface area contributed by atoms with Crippen LogP contribution in [0.4, 0.5) is 5.69 Å². The summed E-state index contributed by atoms with van der Waals surface area (Å²) >= 11 is 0. The maximum absolute atomic E-state index is 12.7. The number of benzene rings is 2. The Morgan fingerprint density at radius 1 is 1.15 bits per heavy atom. The molecule has 2 aromatic carbocycles. The first-order valence-electron chi connectivity index (χ1n) is 8.17. The summed E-state index contributed by atoms with van der Waals surface area (Å²) in [5.41, 5.74) is 0.365. The van der Waals surface area contributed by atoms with Gasteiger partial charge in [-0.25, -0.2) is 0 Å². The van der Waals surface area contributed by atoms with E-state index in [9.17, 15) is 24.5 Å². The average Bonchev–Trinajstić information content (AvgIpc) is 2.64. The molecule has 1 aliphatic heterocycles. The van der Waals surface area contributed by atoms with Crippen molar-refractivity contribution >= 4 is 34.2 Å². The molecule has 8 heteroatoms. The number of non-ortho nitro benzene ring substituents is 1. The summed E-state index contributed by atoms with van der Waals surface area (Å²) in [7, 11) is 0. The van der Waals surface area contributed by atoms with Gasteiger partial charge in [0.05, 0.1) is 16.9 Å².